The van der Waals surface area contributed by atoms with Crippen molar-refractivity contribution in [1.82, 2.24) is 5.32 Å². The predicted octanol–water partition coefficient (Wildman–Crippen LogP) is 4.52. The van der Waals surface area contributed by atoms with E-state index >= 15 is 0 Å². The van der Waals surface area contributed by atoms with Gasteiger partial charge in [0.05, 0.1) is 0 Å². The molecule has 0 amide bonds. The molecule has 1 aromatic rings. The molecular formula is C15H22IN. The lowest BCUT2D eigenvalue weighted by Crippen LogP contribution is -2.23. The van der Waals surface area contributed by atoms with Gasteiger partial charge in [-0.3, -0.25) is 0 Å². The molecule has 94 valence electrons. The molecule has 17 heavy (non-hydrogen) atoms. The zero-order chi connectivity index (χ0) is 12.1. The Kier molecular flexibility index (Phi) is 5.29. The quantitative estimate of drug-likeness (QED) is 0.775. The monoisotopic (exact) mass is 343 g/mol. The number of hydrogen-bond acceptors (Lipinski definition) is 1. The molecule has 1 nitrogen and oxygen atoms in total. The molecule has 0 radical (unpaired) electrons. The van der Waals surface area contributed by atoms with E-state index in [1.54, 1.807) is 0 Å². The van der Waals surface area contributed by atoms with Gasteiger partial charge < -0.3 is 5.32 Å². The largest absolute Gasteiger partial charge is 0.310 e. The van der Waals surface area contributed by atoms with Crippen LogP contribution in [0.4, 0.5) is 0 Å². The molecule has 1 aliphatic rings. The van der Waals surface area contributed by atoms with Crippen LogP contribution in [0.5, 0.6) is 0 Å². The standard InChI is InChI=1S/C15H22IN/c1-2-17-15(10-12-6-3-4-7-12)13-8-5-9-14(16)11-13/h5,8-9,11-12,15,17H,2-4,6-7,10H2,1H3. The van der Waals surface area contributed by atoms with Crippen molar-refractivity contribution in [3.63, 3.8) is 0 Å². The van der Waals surface area contributed by atoms with Gasteiger partial charge in [-0.2, -0.15) is 0 Å². The summed E-state index contributed by atoms with van der Waals surface area (Å²) < 4.78 is 1.34. The summed E-state index contributed by atoms with van der Waals surface area (Å²) in [7, 11) is 0. The van der Waals surface area contributed by atoms with Crippen molar-refractivity contribution in [2.45, 2.75) is 45.1 Å². The number of benzene rings is 1. The Labute approximate surface area is 119 Å². The predicted molar refractivity (Wildman–Crippen MR) is 82.2 cm³/mol. The van der Waals surface area contributed by atoms with Crippen molar-refractivity contribution in [2.75, 3.05) is 6.54 Å². The van der Waals surface area contributed by atoms with Gasteiger partial charge >= 0.3 is 0 Å². The van der Waals surface area contributed by atoms with Gasteiger partial charge in [0.25, 0.3) is 0 Å². The number of halogens is 1. The minimum atomic E-state index is 0.554. The van der Waals surface area contributed by atoms with Crippen molar-refractivity contribution in [1.29, 1.82) is 0 Å². The lowest BCUT2D eigenvalue weighted by molar-refractivity contribution is 0.400. The fourth-order valence-electron chi connectivity index (χ4n) is 2.89. The van der Waals surface area contributed by atoms with Crippen LogP contribution in [0, 0.1) is 9.49 Å². The molecule has 0 aliphatic heterocycles. The van der Waals surface area contributed by atoms with Crippen LogP contribution in [0.15, 0.2) is 24.3 Å². The summed E-state index contributed by atoms with van der Waals surface area (Å²) in [4.78, 5) is 0. The van der Waals surface area contributed by atoms with E-state index in [0.29, 0.717) is 6.04 Å². The minimum Gasteiger partial charge on any atom is -0.310 e. The van der Waals surface area contributed by atoms with E-state index in [0.717, 1.165) is 12.5 Å². The zero-order valence-corrected chi connectivity index (χ0v) is 12.7. The summed E-state index contributed by atoms with van der Waals surface area (Å²) in [5, 5.41) is 3.65. The van der Waals surface area contributed by atoms with Crippen LogP contribution in [-0.4, -0.2) is 6.54 Å². The lowest BCUT2D eigenvalue weighted by atomic mass is 9.93. The fourth-order valence-corrected chi connectivity index (χ4v) is 3.45. The van der Waals surface area contributed by atoms with Gasteiger partial charge in [0.15, 0.2) is 0 Å². The number of hydrogen-bond donors (Lipinski definition) is 1. The molecule has 1 unspecified atom stereocenters. The van der Waals surface area contributed by atoms with E-state index in [1.165, 1.54) is 41.2 Å². The molecule has 1 fully saturated rings. The second kappa shape index (κ2) is 6.74. The van der Waals surface area contributed by atoms with Gasteiger partial charge in [-0.1, -0.05) is 44.7 Å². The smallest absolute Gasteiger partial charge is 0.0323 e. The summed E-state index contributed by atoms with van der Waals surface area (Å²) >= 11 is 2.40. The average Bonchev–Trinajstić information content (AvgIpc) is 2.81. The topological polar surface area (TPSA) is 12.0 Å². The third-order valence-electron chi connectivity index (χ3n) is 3.75. The molecule has 1 saturated carbocycles. The summed E-state index contributed by atoms with van der Waals surface area (Å²) in [6, 6.07) is 9.49. The highest BCUT2D eigenvalue weighted by Crippen LogP contribution is 2.33. The fraction of sp³-hybridized carbons (Fsp3) is 0.600. The van der Waals surface area contributed by atoms with Crippen LogP contribution in [0.1, 0.15) is 50.6 Å². The van der Waals surface area contributed by atoms with Crippen LogP contribution in [0.2, 0.25) is 0 Å². The molecule has 1 aromatic carbocycles. The van der Waals surface area contributed by atoms with Crippen molar-refractivity contribution in [2.24, 2.45) is 5.92 Å². The van der Waals surface area contributed by atoms with Crippen LogP contribution < -0.4 is 5.32 Å². The molecule has 0 aromatic heterocycles. The average molecular weight is 343 g/mol. The van der Waals surface area contributed by atoms with Crippen LogP contribution >= 0.6 is 22.6 Å². The second-order valence-electron chi connectivity index (χ2n) is 5.05. The van der Waals surface area contributed by atoms with E-state index in [-0.39, 0.29) is 0 Å². The van der Waals surface area contributed by atoms with E-state index in [4.69, 9.17) is 0 Å². The first-order valence-corrected chi connectivity index (χ1v) is 7.86. The Balaban J connectivity index is 2.04. The van der Waals surface area contributed by atoms with Crippen molar-refractivity contribution in [3.05, 3.63) is 33.4 Å². The second-order valence-corrected chi connectivity index (χ2v) is 6.30. The first kappa shape index (κ1) is 13.3. The Morgan fingerprint density at radius 3 is 2.76 bits per heavy atom. The van der Waals surface area contributed by atoms with Crippen molar-refractivity contribution in [3.8, 4) is 0 Å². The highest BCUT2D eigenvalue weighted by molar-refractivity contribution is 14.1. The highest BCUT2D eigenvalue weighted by Gasteiger charge is 2.20. The summed E-state index contributed by atoms with van der Waals surface area (Å²) in [6.45, 7) is 3.26. The summed E-state index contributed by atoms with van der Waals surface area (Å²) in [5.74, 6) is 0.942. The Bertz CT molecular complexity index is 345. The van der Waals surface area contributed by atoms with Gasteiger partial charge in [-0.15, -0.1) is 0 Å². The lowest BCUT2D eigenvalue weighted by Gasteiger charge is -2.22. The molecule has 0 spiro atoms. The van der Waals surface area contributed by atoms with E-state index in [2.05, 4.69) is 59.1 Å². The molecule has 2 heteroatoms. The molecule has 0 heterocycles. The maximum Gasteiger partial charge on any atom is 0.0323 e. The Morgan fingerprint density at radius 1 is 1.35 bits per heavy atom. The number of nitrogens with one attached hydrogen (secondary N) is 1. The molecule has 1 atom stereocenters. The SMILES string of the molecule is CCNC(CC1CCCC1)c1cccc(I)c1. The third-order valence-corrected chi connectivity index (χ3v) is 4.42. The van der Waals surface area contributed by atoms with Gasteiger partial charge in [-0.05, 0) is 59.2 Å². The Hall–Kier alpha value is -0.0900. The van der Waals surface area contributed by atoms with Gasteiger partial charge in [0, 0.05) is 9.61 Å². The number of rotatable bonds is 5. The molecule has 2 rings (SSSR count). The van der Waals surface area contributed by atoms with Crippen LogP contribution in [0.25, 0.3) is 0 Å². The van der Waals surface area contributed by atoms with Gasteiger partial charge in [0.2, 0.25) is 0 Å². The van der Waals surface area contributed by atoms with Crippen LogP contribution in [0.3, 0.4) is 0 Å². The molecule has 0 saturated heterocycles. The normalized spacial score (nSPS) is 18.5. The molecule has 1 N–H and O–H groups in total. The third kappa shape index (κ3) is 3.95. The van der Waals surface area contributed by atoms with E-state index < -0.39 is 0 Å². The molecule has 1 aliphatic carbocycles. The van der Waals surface area contributed by atoms with Gasteiger partial charge in [-0.25, -0.2) is 0 Å². The minimum absolute atomic E-state index is 0.554. The molecular weight excluding hydrogens is 321 g/mol. The molecule has 0 bridgehead atoms. The van der Waals surface area contributed by atoms with E-state index in [9.17, 15) is 0 Å². The zero-order valence-electron chi connectivity index (χ0n) is 10.6. The van der Waals surface area contributed by atoms with Crippen LogP contribution in [-0.2, 0) is 0 Å². The maximum atomic E-state index is 3.65. The van der Waals surface area contributed by atoms with Crippen molar-refractivity contribution < 1.29 is 0 Å². The highest BCUT2D eigenvalue weighted by atomic mass is 127. The first-order chi connectivity index (χ1) is 8.29. The summed E-state index contributed by atoms with van der Waals surface area (Å²) in [5.41, 5.74) is 1.46. The Morgan fingerprint density at radius 2 is 2.12 bits per heavy atom. The van der Waals surface area contributed by atoms with E-state index in [1.807, 2.05) is 0 Å². The maximum absolute atomic E-state index is 3.65. The summed E-state index contributed by atoms with van der Waals surface area (Å²) in [6.07, 6.45) is 7.07. The van der Waals surface area contributed by atoms with Crippen molar-refractivity contribution >= 4 is 22.6 Å². The first-order valence-electron chi connectivity index (χ1n) is 6.78. The van der Waals surface area contributed by atoms with Gasteiger partial charge in [0.1, 0.15) is 0 Å².